The highest BCUT2D eigenvalue weighted by atomic mass is 19.1. The fraction of sp³-hybridized carbons (Fsp3) is 0.324. The number of imide groups is 1. The summed E-state index contributed by atoms with van der Waals surface area (Å²) in [6.45, 7) is 1.66. The van der Waals surface area contributed by atoms with Crippen LogP contribution in [0.5, 0.6) is 5.75 Å². The quantitative estimate of drug-likeness (QED) is 0.219. The van der Waals surface area contributed by atoms with Gasteiger partial charge in [-0.2, -0.15) is 0 Å². The molecule has 0 spiro atoms. The van der Waals surface area contributed by atoms with Gasteiger partial charge in [0.15, 0.2) is 11.6 Å². The van der Waals surface area contributed by atoms with E-state index in [0.717, 1.165) is 17.6 Å². The smallest absolute Gasteiger partial charge is 0.238 e. The lowest BCUT2D eigenvalue weighted by Crippen LogP contribution is -2.39. The number of halogens is 1. The highest BCUT2D eigenvalue weighted by Gasteiger charge is 2.55. The molecular weight excluding hydrogens is 535 g/mol. The molecule has 0 bridgehead atoms. The number of anilines is 1. The van der Waals surface area contributed by atoms with Crippen LogP contribution >= 0.6 is 0 Å². The van der Waals surface area contributed by atoms with Gasteiger partial charge in [-0.25, -0.2) is 4.39 Å². The molecule has 2 aromatic carbocycles. The van der Waals surface area contributed by atoms with E-state index in [9.17, 15) is 29.3 Å². The van der Waals surface area contributed by atoms with Gasteiger partial charge in [-0.1, -0.05) is 49.2 Å². The van der Waals surface area contributed by atoms with Crippen molar-refractivity contribution in [3.05, 3.63) is 101 Å². The number of phenols is 1. The standard InChI is InChI=1S/C34H35FN2O5/c1-2-8-23-19-25-32(34(42)37(33(25)41)24-9-4-3-5-10-24)26(20-38)31(23)30(40)15-13-22(28-11-6-7-16-36-28)17-21-12-14-29(39)27(35)18-21/h3-7,9-12,14,16-18,25-26,30,32,38-40H,2,8,13,15,19-20H2,1H3/b22-17-/t25-,26+,30-,32-/m1/s1. The van der Waals surface area contributed by atoms with Crippen LogP contribution in [0.1, 0.15) is 50.3 Å². The molecule has 8 heteroatoms. The Kier molecular flexibility index (Phi) is 8.94. The van der Waals surface area contributed by atoms with E-state index in [4.69, 9.17) is 0 Å². The van der Waals surface area contributed by atoms with Gasteiger partial charge in [0, 0.05) is 12.1 Å². The summed E-state index contributed by atoms with van der Waals surface area (Å²) in [6, 6.07) is 18.4. The molecule has 1 aliphatic heterocycles. The van der Waals surface area contributed by atoms with E-state index in [1.165, 1.54) is 17.0 Å². The summed E-state index contributed by atoms with van der Waals surface area (Å²) in [5.41, 5.74) is 4.04. The zero-order chi connectivity index (χ0) is 29.8. The minimum absolute atomic E-state index is 0.265. The molecule has 218 valence electrons. The van der Waals surface area contributed by atoms with Crippen molar-refractivity contribution in [2.75, 3.05) is 11.5 Å². The molecule has 4 atom stereocenters. The average Bonchev–Trinajstić information content (AvgIpc) is 3.26. The average molecular weight is 571 g/mol. The molecular formula is C34H35FN2O5. The van der Waals surface area contributed by atoms with Crippen LogP contribution in [0.4, 0.5) is 10.1 Å². The van der Waals surface area contributed by atoms with E-state index in [-0.39, 0.29) is 24.8 Å². The SMILES string of the molecule is CCCC1=C([C@H](O)CC/C(=C/c2ccc(O)c(F)c2)c2ccccn2)[C@H](CO)[C@@H]2C(=O)N(c3ccccc3)C(=O)[C@@H]2C1. The Labute approximate surface area is 244 Å². The van der Waals surface area contributed by atoms with Crippen LogP contribution in [-0.4, -0.2) is 44.8 Å². The van der Waals surface area contributed by atoms with Gasteiger partial charge in [-0.05, 0) is 84.9 Å². The van der Waals surface area contributed by atoms with Crippen molar-refractivity contribution in [3.8, 4) is 5.75 Å². The molecule has 0 saturated carbocycles. The van der Waals surface area contributed by atoms with E-state index in [0.29, 0.717) is 41.8 Å². The molecule has 2 aliphatic rings. The number of fused-ring (bicyclic) bond motifs is 1. The number of hydrogen-bond acceptors (Lipinski definition) is 6. The third-order valence-corrected chi connectivity index (χ3v) is 8.30. The van der Waals surface area contributed by atoms with Crippen molar-refractivity contribution >= 4 is 29.2 Å². The lowest BCUT2D eigenvalue weighted by Gasteiger charge is -2.36. The maximum atomic E-state index is 14.1. The number of amides is 2. The molecule has 7 nitrogen and oxygen atoms in total. The number of carbonyl (C=O) groups is 2. The molecule has 3 aromatic rings. The number of rotatable bonds is 10. The van der Waals surface area contributed by atoms with Gasteiger partial charge in [0.25, 0.3) is 0 Å². The zero-order valence-electron chi connectivity index (χ0n) is 23.5. The lowest BCUT2D eigenvalue weighted by molar-refractivity contribution is -0.123. The molecule has 1 aromatic heterocycles. The molecule has 5 rings (SSSR count). The van der Waals surface area contributed by atoms with Gasteiger partial charge in [0.1, 0.15) is 0 Å². The number of nitrogens with zero attached hydrogens (tertiary/aromatic N) is 2. The normalized spacial score (nSPS) is 21.6. The Balaban J connectivity index is 1.45. The maximum Gasteiger partial charge on any atom is 0.238 e. The van der Waals surface area contributed by atoms with Crippen molar-refractivity contribution in [1.82, 2.24) is 4.98 Å². The summed E-state index contributed by atoms with van der Waals surface area (Å²) in [5.74, 6) is -3.80. The van der Waals surface area contributed by atoms with E-state index >= 15 is 0 Å². The predicted molar refractivity (Wildman–Crippen MR) is 158 cm³/mol. The molecule has 3 N–H and O–H groups in total. The number of phenolic OH excluding ortho intramolecular Hbond substituents is 1. The second-order valence-corrected chi connectivity index (χ2v) is 10.9. The van der Waals surface area contributed by atoms with Crippen LogP contribution < -0.4 is 4.90 Å². The predicted octanol–water partition coefficient (Wildman–Crippen LogP) is 5.52. The molecule has 1 aliphatic carbocycles. The number of aliphatic hydroxyl groups is 2. The number of aromatic hydroxyl groups is 1. The van der Waals surface area contributed by atoms with Crippen LogP contribution in [0.15, 0.2) is 84.1 Å². The van der Waals surface area contributed by atoms with Gasteiger partial charge in [-0.15, -0.1) is 0 Å². The first-order valence-electron chi connectivity index (χ1n) is 14.4. The van der Waals surface area contributed by atoms with Crippen molar-refractivity contribution in [2.24, 2.45) is 17.8 Å². The summed E-state index contributed by atoms with van der Waals surface area (Å²) in [7, 11) is 0. The van der Waals surface area contributed by atoms with Gasteiger partial charge < -0.3 is 15.3 Å². The van der Waals surface area contributed by atoms with Crippen molar-refractivity contribution in [3.63, 3.8) is 0 Å². The van der Waals surface area contributed by atoms with Gasteiger partial charge in [-0.3, -0.25) is 19.5 Å². The first kappa shape index (κ1) is 29.4. The Morgan fingerprint density at radius 2 is 1.86 bits per heavy atom. The summed E-state index contributed by atoms with van der Waals surface area (Å²) >= 11 is 0. The second-order valence-electron chi connectivity index (χ2n) is 10.9. The Bertz CT molecular complexity index is 1500. The first-order chi connectivity index (χ1) is 20.3. The minimum Gasteiger partial charge on any atom is -0.505 e. The van der Waals surface area contributed by atoms with Crippen LogP contribution in [0.25, 0.3) is 11.6 Å². The van der Waals surface area contributed by atoms with Crippen LogP contribution in [0.2, 0.25) is 0 Å². The molecule has 0 unspecified atom stereocenters. The first-order valence-corrected chi connectivity index (χ1v) is 14.4. The highest BCUT2D eigenvalue weighted by molar-refractivity contribution is 6.22. The van der Waals surface area contributed by atoms with E-state index in [2.05, 4.69) is 4.98 Å². The lowest BCUT2D eigenvalue weighted by atomic mass is 9.67. The molecule has 42 heavy (non-hydrogen) atoms. The fourth-order valence-corrected chi connectivity index (χ4v) is 6.42. The third kappa shape index (κ3) is 5.78. The Morgan fingerprint density at radius 3 is 2.52 bits per heavy atom. The van der Waals surface area contributed by atoms with Gasteiger partial charge >= 0.3 is 0 Å². The molecule has 1 saturated heterocycles. The number of para-hydroxylation sites is 1. The molecule has 2 heterocycles. The second kappa shape index (κ2) is 12.8. The number of pyridine rings is 1. The van der Waals surface area contributed by atoms with E-state index < -0.39 is 35.4 Å². The van der Waals surface area contributed by atoms with Gasteiger partial charge in [0.05, 0.1) is 35.9 Å². The Hall–Kier alpha value is -4.14. The van der Waals surface area contributed by atoms with Crippen LogP contribution in [0.3, 0.4) is 0 Å². The number of benzene rings is 2. The maximum absolute atomic E-state index is 14.1. The topological polar surface area (TPSA) is 111 Å². The van der Waals surface area contributed by atoms with Crippen molar-refractivity contribution < 1.29 is 29.3 Å². The number of allylic oxidation sites excluding steroid dienone is 2. The molecule has 2 amide bonds. The number of hydrogen-bond donors (Lipinski definition) is 3. The summed E-state index contributed by atoms with van der Waals surface area (Å²) in [5, 5.41) is 31.8. The Morgan fingerprint density at radius 1 is 1.10 bits per heavy atom. The molecule has 1 fully saturated rings. The summed E-state index contributed by atoms with van der Waals surface area (Å²) < 4.78 is 14.1. The van der Waals surface area contributed by atoms with Crippen LogP contribution in [0, 0.1) is 23.6 Å². The number of aliphatic hydroxyl groups excluding tert-OH is 2. The van der Waals surface area contributed by atoms with Crippen molar-refractivity contribution in [2.45, 2.75) is 45.1 Å². The number of aromatic nitrogens is 1. The fourth-order valence-electron chi connectivity index (χ4n) is 6.42. The van der Waals surface area contributed by atoms with Gasteiger partial charge in [0.2, 0.25) is 11.8 Å². The van der Waals surface area contributed by atoms with Crippen molar-refractivity contribution in [1.29, 1.82) is 0 Å². The monoisotopic (exact) mass is 570 g/mol. The van der Waals surface area contributed by atoms with E-state index in [1.807, 2.05) is 25.1 Å². The van der Waals surface area contributed by atoms with E-state index in [1.54, 1.807) is 48.7 Å². The molecule has 0 radical (unpaired) electrons. The third-order valence-electron chi connectivity index (χ3n) is 8.30. The number of carbonyl (C=O) groups excluding carboxylic acids is 2. The zero-order valence-corrected chi connectivity index (χ0v) is 23.5. The highest BCUT2D eigenvalue weighted by Crippen LogP contribution is 2.48. The van der Waals surface area contributed by atoms with Crippen LogP contribution in [-0.2, 0) is 9.59 Å². The minimum atomic E-state index is -0.970. The summed E-state index contributed by atoms with van der Waals surface area (Å²) in [6.07, 6.45) is 4.90. The summed E-state index contributed by atoms with van der Waals surface area (Å²) in [4.78, 5) is 32.9. The largest absolute Gasteiger partial charge is 0.505 e.